The van der Waals surface area contributed by atoms with Gasteiger partial charge in [0.1, 0.15) is 5.75 Å². The maximum absolute atomic E-state index is 11.7. The van der Waals surface area contributed by atoms with Gasteiger partial charge in [-0.3, -0.25) is 4.79 Å². The Hall–Kier alpha value is -0.620. The van der Waals surface area contributed by atoms with Gasteiger partial charge in [-0.2, -0.15) is 0 Å². The molecule has 2 N–H and O–H groups in total. The molecule has 86 valence electrons. The molecule has 2 atom stereocenters. The zero-order chi connectivity index (χ0) is 11.1. The van der Waals surface area contributed by atoms with E-state index in [-0.39, 0.29) is 12.1 Å². The number of hydrogen-bond donors (Lipinski definition) is 2. The molecule has 2 unspecified atom stereocenters. The fraction of sp³-hybridized carbons (Fsp3) is 0.889. The van der Waals surface area contributed by atoms with E-state index in [1.807, 2.05) is 0 Å². The monoisotopic (exact) mass is 233 g/mol. The fourth-order valence-electron chi connectivity index (χ4n) is 2.59. The van der Waals surface area contributed by atoms with Gasteiger partial charge in [0.05, 0.1) is 5.25 Å². The van der Waals surface area contributed by atoms with Crippen molar-refractivity contribution in [3.63, 3.8) is 0 Å². The van der Waals surface area contributed by atoms with E-state index in [4.69, 9.17) is 5.11 Å². The van der Waals surface area contributed by atoms with Crippen molar-refractivity contribution in [2.24, 2.45) is 0 Å². The molecule has 2 rings (SSSR count). The second-order valence-corrected chi connectivity index (χ2v) is 6.71. The Balaban J connectivity index is 2.08. The van der Waals surface area contributed by atoms with Crippen molar-refractivity contribution in [3.8, 4) is 0 Å². The topological polar surface area (TPSA) is 83.5 Å². The van der Waals surface area contributed by atoms with Crippen LogP contribution < -0.4 is 5.32 Å². The molecule has 2 aliphatic heterocycles. The molecule has 2 aliphatic rings. The van der Waals surface area contributed by atoms with Crippen LogP contribution in [0.3, 0.4) is 0 Å². The minimum atomic E-state index is -3.45. The molecule has 2 bridgehead atoms. The third-order valence-corrected chi connectivity index (χ3v) is 5.31. The molecule has 0 aromatic rings. The number of fused-ring (bicyclic) bond motifs is 2. The Morgan fingerprint density at radius 3 is 2.27 bits per heavy atom. The third kappa shape index (κ3) is 2.31. The van der Waals surface area contributed by atoms with Crippen molar-refractivity contribution < 1.29 is 18.3 Å². The Labute approximate surface area is 88.8 Å². The van der Waals surface area contributed by atoms with Crippen LogP contribution in [0.15, 0.2) is 0 Å². The molecular formula is C9H15NO4S. The first-order valence-corrected chi connectivity index (χ1v) is 6.88. The summed E-state index contributed by atoms with van der Waals surface area (Å²) in [6, 6.07) is 0.551. The summed E-state index contributed by atoms with van der Waals surface area (Å²) in [5.41, 5.74) is 0. The standard InChI is InChI=1S/C9H15NO4S/c11-9(12)5-15(13,14)8-3-6-1-2-7(4-8)10-6/h6-8,10H,1-5H2,(H,11,12). The molecule has 2 heterocycles. The Morgan fingerprint density at radius 1 is 1.27 bits per heavy atom. The second-order valence-electron chi connectivity index (χ2n) is 4.43. The van der Waals surface area contributed by atoms with Gasteiger partial charge in [0.25, 0.3) is 0 Å². The number of carboxylic acid groups (broad SMARTS) is 1. The fourth-order valence-corrected chi connectivity index (χ4v) is 4.22. The second kappa shape index (κ2) is 3.75. The summed E-state index contributed by atoms with van der Waals surface area (Å²) in [7, 11) is -3.45. The van der Waals surface area contributed by atoms with Gasteiger partial charge >= 0.3 is 5.97 Å². The van der Waals surface area contributed by atoms with Crippen LogP contribution in [0.25, 0.3) is 0 Å². The highest BCUT2D eigenvalue weighted by atomic mass is 32.2. The van der Waals surface area contributed by atoms with Crippen molar-refractivity contribution in [2.75, 3.05) is 5.75 Å². The number of aliphatic carboxylic acids is 1. The first kappa shape index (κ1) is 10.9. The summed E-state index contributed by atoms with van der Waals surface area (Å²) in [5.74, 6) is -1.97. The quantitative estimate of drug-likeness (QED) is 0.703. The number of piperidine rings is 1. The van der Waals surface area contributed by atoms with Gasteiger partial charge in [0.2, 0.25) is 0 Å². The van der Waals surface area contributed by atoms with Crippen molar-refractivity contribution in [1.29, 1.82) is 0 Å². The van der Waals surface area contributed by atoms with Crippen LogP contribution in [0.2, 0.25) is 0 Å². The maximum Gasteiger partial charge on any atom is 0.318 e. The zero-order valence-corrected chi connectivity index (χ0v) is 9.16. The van der Waals surface area contributed by atoms with Crippen LogP contribution in [0.5, 0.6) is 0 Å². The largest absolute Gasteiger partial charge is 0.480 e. The summed E-state index contributed by atoms with van der Waals surface area (Å²) >= 11 is 0. The normalized spacial score (nSPS) is 35.3. The lowest BCUT2D eigenvalue weighted by Gasteiger charge is -2.28. The van der Waals surface area contributed by atoms with Crippen molar-refractivity contribution in [2.45, 2.75) is 43.0 Å². The summed E-state index contributed by atoms with van der Waals surface area (Å²) < 4.78 is 23.4. The highest BCUT2D eigenvalue weighted by molar-refractivity contribution is 7.92. The SMILES string of the molecule is O=C(O)CS(=O)(=O)C1CC2CCC(C1)N2. The van der Waals surface area contributed by atoms with Crippen LogP contribution in [-0.2, 0) is 14.6 Å². The number of hydrogen-bond acceptors (Lipinski definition) is 4. The summed E-state index contributed by atoms with van der Waals surface area (Å²) in [5, 5.41) is 11.4. The van der Waals surface area contributed by atoms with E-state index in [1.165, 1.54) is 0 Å². The van der Waals surface area contributed by atoms with Crippen LogP contribution >= 0.6 is 0 Å². The zero-order valence-electron chi connectivity index (χ0n) is 8.35. The Bertz CT molecular complexity index is 352. The summed E-state index contributed by atoms with van der Waals surface area (Å²) in [6.45, 7) is 0. The molecule has 15 heavy (non-hydrogen) atoms. The van der Waals surface area contributed by atoms with Gasteiger partial charge < -0.3 is 10.4 Å². The van der Waals surface area contributed by atoms with E-state index >= 15 is 0 Å². The maximum atomic E-state index is 11.7. The Kier molecular flexibility index (Phi) is 2.72. The minimum Gasteiger partial charge on any atom is -0.480 e. The van der Waals surface area contributed by atoms with Crippen molar-refractivity contribution >= 4 is 15.8 Å². The lowest BCUT2D eigenvalue weighted by Crippen LogP contribution is -2.44. The van der Waals surface area contributed by atoms with Gasteiger partial charge in [0, 0.05) is 12.1 Å². The van der Waals surface area contributed by atoms with Gasteiger partial charge in [-0.05, 0) is 25.7 Å². The minimum absolute atomic E-state index is 0.275. The first-order chi connectivity index (χ1) is 6.97. The van der Waals surface area contributed by atoms with E-state index < -0.39 is 26.8 Å². The highest BCUT2D eigenvalue weighted by Gasteiger charge is 2.40. The molecule has 2 saturated heterocycles. The molecule has 6 heteroatoms. The average molecular weight is 233 g/mol. The number of carboxylic acids is 1. The van der Waals surface area contributed by atoms with Gasteiger partial charge in [0.15, 0.2) is 9.84 Å². The van der Waals surface area contributed by atoms with E-state index in [0.717, 1.165) is 12.8 Å². The van der Waals surface area contributed by atoms with Crippen LogP contribution in [0.1, 0.15) is 25.7 Å². The molecule has 5 nitrogen and oxygen atoms in total. The van der Waals surface area contributed by atoms with Crippen molar-refractivity contribution in [1.82, 2.24) is 5.32 Å². The molecule has 0 amide bonds. The van der Waals surface area contributed by atoms with E-state index in [2.05, 4.69) is 5.32 Å². The van der Waals surface area contributed by atoms with E-state index in [9.17, 15) is 13.2 Å². The summed E-state index contributed by atoms with van der Waals surface area (Å²) in [6.07, 6.45) is 3.19. The van der Waals surface area contributed by atoms with Crippen LogP contribution in [0.4, 0.5) is 0 Å². The predicted molar refractivity (Wildman–Crippen MR) is 54.4 cm³/mol. The number of sulfone groups is 1. The highest BCUT2D eigenvalue weighted by Crippen LogP contribution is 2.30. The lowest BCUT2D eigenvalue weighted by molar-refractivity contribution is -0.134. The number of rotatable bonds is 3. The molecule has 0 aliphatic carbocycles. The smallest absolute Gasteiger partial charge is 0.318 e. The van der Waals surface area contributed by atoms with E-state index in [0.29, 0.717) is 12.8 Å². The molecule has 0 aromatic heterocycles. The number of nitrogens with one attached hydrogen (secondary N) is 1. The summed E-state index contributed by atoms with van der Waals surface area (Å²) in [4.78, 5) is 10.4. The van der Waals surface area contributed by atoms with Gasteiger partial charge in [-0.15, -0.1) is 0 Å². The average Bonchev–Trinajstić information content (AvgIpc) is 2.43. The first-order valence-electron chi connectivity index (χ1n) is 5.17. The Morgan fingerprint density at radius 2 is 1.80 bits per heavy atom. The van der Waals surface area contributed by atoms with Crippen molar-refractivity contribution in [3.05, 3.63) is 0 Å². The van der Waals surface area contributed by atoms with Crippen LogP contribution in [-0.4, -0.2) is 42.6 Å². The molecule has 0 saturated carbocycles. The van der Waals surface area contributed by atoms with Gasteiger partial charge in [-0.25, -0.2) is 8.42 Å². The number of carbonyl (C=O) groups is 1. The lowest BCUT2D eigenvalue weighted by atomic mass is 10.1. The van der Waals surface area contributed by atoms with E-state index in [1.54, 1.807) is 0 Å². The molecule has 0 aromatic carbocycles. The predicted octanol–water partition coefficient (Wildman–Crippen LogP) is -0.231. The van der Waals surface area contributed by atoms with Crippen LogP contribution in [0, 0.1) is 0 Å². The molecule has 2 fully saturated rings. The molecule has 0 radical (unpaired) electrons. The third-order valence-electron chi connectivity index (χ3n) is 3.26. The molecular weight excluding hydrogens is 218 g/mol. The van der Waals surface area contributed by atoms with Gasteiger partial charge in [-0.1, -0.05) is 0 Å². The molecule has 0 spiro atoms.